The minimum absolute atomic E-state index is 0. The van der Waals surface area contributed by atoms with Gasteiger partial charge in [0, 0.05) is 17.1 Å². The van der Waals surface area contributed by atoms with E-state index in [-0.39, 0.29) is 23.2 Å². The summed E-state index contributed by atoms with van der Waals surface area (Å²) in [4.78, 5) is 0. The zero-order chi connectivity index (χ0) is 4.50. The SMILES string of the molecule is [Cu].[NH4+].[O-][Cl+3]([O-])([O-])[O-]. The fraction of sp³-hybridized carbons (Fsp3) is 0. The molecule has 5 nitrogen and oxygen atoms in total. The summed E-state index contributed by atoms with van der Waals surface area (Å²) in [6, 6.07) is 0. The normalized spacial score (nSPS) is 8.57. The molecule has 0 aromatic heterocycles. The smallest absolute Gasteiger partial charge is 0 e. The second kappa shape index (κ2) is 4.76. The predicted octanol–water partition coefficient (Wildman–Crippen LogP) is -4.38. The van der Waals surface area contributed by atoms with Gasteiger partial charge in [0.25, 0.3) is 0 Å². The van der Waals surface area contributed by atoms with Gasteiger partial charge in [-0.15, -0.1) is 10.2 Å². The molecule has 51 valence electrons. The van der Waals surface area contributed by atoms with Crippen molar-refractivity contribution in [3.05, 3.63) is 0 Å². The molecule has 0 heterocycles. The van der Waals surface area contributed by atoms with Gasteiger partial charge in [-0.1, -0.05) is 0 Å². The fourth-order valence-electron chi connectivity index (χ4n) is 0. The molecule has 0 aliphatic rings. The Bertz CT molecular complexity index is 27.2. The van der Waals surface area contributed by atoms with Crippen molar-refractivity contribution >= 4 is 0 Å². The summed E-state index contributed by atoms with van der Waals surface area (Å²) in [6.07, 6.45) is 0. The first kappa shape index (κ1) is 15.6. The van der Waals surface area contributed by atoms with E-state index in [2.05, 4.69) is 0 Å². The van der Waals surface area contributed by atoms with Crippen LogP contribution in [-0.2, 0) is 17.1 Å². The summed E-state index contributed by atoms with van der Waals surface area (Å²) >= 11 is 0. The van der Waals surface area contributed by atoms with Crippen LogP contribution < -0.4 is 24.8 Å². The Kier molecular flexibility index (Phi) is 10.6. The Hall–Kier alpha value is 0.609. The first-order valence-electron chi connectivity index (χ1n) is 0.617. The summed E-state index contributed by atoms with van der Waals surface area (Å²) in [5.41, 5.74) is 0. The number of quaternary nitrogens is 1. The van der Waals surface area contributed by atoms with Crippen molar-refractivity contribution in [2.75, 3.05) is 0 Å². The van der Waals surface area contributed by atoms with Crippen LogP contribution in [0.1, 0.15) is 0 Å². The molecule has 7 heavy (non-hydrogen) atoms. The maximum atomic E-state index is 8.49. The number of rotatable bonds is 0. The fourth-order valence-corrected chi connectivity index (χ4v) is 0. The Morgan fingerprint density at radius 1 is 0.857 bits per heavy atom. The average molecular weight is 181 g/mol. The van der Waals surface area contributed by atoms with Crippen molar-refractivity contribution in [3.63, 3.8) is 0 Å². The van der Waals surface area contributed by atoms with Crippen molar-refractivity contribution in [3.8, 4) is 0 Å². The van der Waals surface area contributed by atoms with Gasteiger partial charge in [-0.05, 0) is 0 Å². The van der Waals surface area contributed by atoms with Crippen LogP contribution in [0.25, 0.3) is 0 Å². The molecule has 0 spiro atoms. The number of halogens is 1. The van der Waals surface area contributed by atoms with Crippen LogP contribution in [0.3, 0.4) is 0 Å². The Balaban J connectivity index is -0.0000000800. The minimum Gasteiger partial charge on any atom is -0.369 e. The topological polar surface area (TPSA) is 129 Å². The van der Waals surface area contributed by atoms with E-state index in [0.29, 0.717) is 0 Å². The number of hydrogen-bond donors (Lipinski definition) is 1. The molecule has 0 aromatic carbocycles. The second-order valence-electron chi connectivity index (χ2n) is 0.378. The summed E-state index contributed by atoms with van der Waals surface area (Å²) < 4.78 is 34.0. The first-order chi connectivity index (χ1) is 2.00. The van der Waals surface area contributed by atoms with Crippen molar-refractivity contribution in [1.29, 1.82) is 0 Å². The van der Waals surface area contributed by atoms with Crippen LogP contribution in [-0.4, -0.2) is 0 Å². The molecule has 0 saturated heterocycles. The van der Waals surface area contributed by atoms with Gasteiger partial charge < -0.3 is 6.15 Å². The molecule has 0 saturated carbocycles. The van der Waals surface area contributed by atoms with E-state index in [1.807, 2.05) is 0 Å². The second-order valence-corrected chi connectivity index (χ2v) is 1.13. The molecular weight excluding hydrogens is 177 g/mol. The van der Waals surface area contributed by atoms with Gasteiger partial charge in [-0.2, -0.15) is 0 Å². The van der Waals surface area contributed by atoms with Crippen molar-refractivity contribution in [2.24, 2.45) is 0 Å². The van der Waals surface area contributed by atoms with Gasteiger partial charge in [0.05, 0.1) is 0 Å². The molecule has 0 aromatic rings. The minimum atomic E-state index is -4.94. The van der Waals surface area contributed by atoms with Crippen LogP contribution in [0, 0.1) is 10.2 Å². The van der Waals surface area contributed by atoms with E-state index in [1.165, 1.54) is 0 Å². The van der Waals surface area contributed by atoms with E-state index >= 15 is 0 Å². The van der Waals surface area contributed by atoms with Crippen LogP contribution in [0.5, 0.6) is 0 Å². The van der Waals surface area contributed by atoms with Crippen molar-refractivity contribution in [2.45, 2.75) is 0 Å². The summed E-state index contributed by atoms with van der Waals surface area (Å²) in [5.74, 6) is 0. The summed E-state index contributed by atoms with van der Waals surface area (Å²) in [5, 5.41) is 0. The average Bonchev–Trinajstić information content (AvgIpc) is 0.722. The van der Waals surface area contributed by atoms with E-state index in [9.17, 15) is 0 Å². The molecular formula is H4ClCuNO4. The molecule has 4 N–H and O–H groups in total. The van der Waals surface area contributed by atoms with E-state index < -0.39 is 10.2 Å². The van der Waals surface area contributed by atoms with Gasteiger partial charge in [-0.3, -0.25) is 0 Å². The molecule has 0 aliphatic heterocycles. The largest absolute Gasteiger partial charge is 0.369 e. The van der Waals surface area contributed by atoms with Gasteiger partial charge in [0.2, 0.25) is 0 Å². The molecule has 1 radical (unpaired) electrons. The van der Waals surface area contributed by atoms with Crippen molar-refractivity contribution in [1.82, 2.24) is 6.15 Å². The molecule has 7 heteroatoms. The maximum Gasteiger partial charge on any atom is 0 e. The van der Waals surface area contributed by atoms with Gasteiger partial charge in [-0.25, -0.2) is 18.6 Å². The van der Waals surface area contributed by atoms with Crippen LogP contribution in [0.15, 0.2) is 0 Å². The quantitative estimate of drug-likeness (QED) is 0.378. The van der Waals surface area contributed by atoms with Gasteiger partial charge in [0.15, 0.2) is 0 Å². The molecule has 0 aliphatic carbocycles. The van der Waals surface area contributed by atoms with Crippen LogP contribution >= 0.6 is 0 Å². The number of hydrogen-bond acceptors (Lipinski definition) is 4. The van der Waals surface area contributed by atoms with E-state index in [1.54, 1.807) is 0 Å². The third-order valence-electron chi connectivity index (χ3n) is 0. The Morgan fingerprint density at radius 3 is 0.857 bits per heavy atom. The maximum absolute atomic E-state index is 8.49. The zero-order valence-corrected chi connectivity index (χ0v) is 5.01. The monoisotopic (exact) mass is 180 g/mol. The molecule has 0 rings (SSSR count). The van der Waals surface area contributed by atoms with E-state index in [0.717, 1.165) is 0 Å². The van der Waals surface area contributed by atoms with Crippen LogP contribution in [0.4, 0.5) is 0 Å². The Labute approximate surface area is 52.7 Å². The zero-order valence-electron chi connectivity index (χ0n) is 3.31. The third-order valence-corrected chi connectivity index (χ3v) is 0. The van der Waals surface area contributed by atoms with Gasteiger partial charge in [0.1, 0.15) is 0 Å². The Morgan fingerprint density at radius 2 is 0.857 bits per heavy atom. The summed E-state index contributed by atoms with van der Waals surface area (Å²) in [6.45, 7) is 0. The molecule has 0 fully saturated rings. The van der Waals surface area contributed by atoms with E-state index in [4.69, 9.17) is 18.6 Å². The first-order valence-corrected chi connectivity index (χ1v) is 1.85. The standard InChI is InChI=1S/ClHO4.Cu.H3N/c2-1(3,4)5;;/h(H,2,3,4,5);;1H3. The predicted molar refractivity (Wildman–Crippen MR) is 5.98 cm³/mol. The van der Waals surface area contributed by atoms with Crippen molar-refractivity contribution < 1.29 is 45.9 Å². The molecule has 0 atom stereocenters. The molecule has 0 amide bonds. The molecule has 0 bridgehead atoms. The third kappa shape index (κ3) is 378. The van der Waals surface area contributed by atoms with Crippen LogP contribution in [0.2, 0.25) is 0 Å². The molecule has 0 unspecified atom stereocenters. The summed E-state index contributed by atoms with van der Waals surface area (Å²) in [7, 11) is -4.94. The van der Waals surface area contributed by atoms with Gasteiger partial charge >= 0.3 is 0 Å².